The minimum atomic E-state index is 0.0674. The van der Waals surface area contributed by atoms with Crippen molar-refractivity contribution < 1.29 is 4.79 Å². The summed E-state index contributed by atoms with van der Waals surface area (Å²) in [5.74, 6) is 6.37. The first-order valence-electron chi connectivity index (χ1n) is 11.4. The van der Waals surface area contributed by atoms with Gasteiger partial charge < -0.3 is 9.80 Å². The number of amides is 1. The van der Waals surface area contributed by atoms with E-state index >= 15 is 0 Å². The quantitative estimate of drug-likeness (QED) is 0.335. The highest BCUT2D eigenvalue weighted by atomic mass is 16.2. The zero-order valence-electron chi connectivity index (χ0n) is 19.7. The van der Waals surface area contributed by atoms with Crippen LogP contribution in [0.25, 0.3) is 21.7 Å². The van der Waals surface area contributed by atoms with Gasteiger partial charge in [0.2, 0.25) is 0 Å². The van der Waals surface area contributed by atoms with Crippen LogP contribution in [0.2, 0.25) is 0 Å². The molecule has 0 radical (unpaired) electrons. The van der Waals surface area contributed by atoms with Crippen LogP contribution in [0.3, 0.4) is 0 Å². The van der Waals surface area contributed by atoms with Gasteiger partial charge >= 0.3 is 0 Å². The van der Waals surface area contributed by atoms with Crippen LogP contribution in [0, 0.1) is 25.3 Å². The number of benzene rings is 2. The number of hydrogen-bond donors (Lipinski definition) is 0. The molecule has 1 amide bonds. The molecule has 0 N–H and O–H groups in total. The molecule has 2 aromatic carbocycles. The van der Waals surface area contributed by atoms with Crippen LogP contribution in [0.5, 0.6) is 0 Å². The van der Waals surface area contributed by atoms with Gasteiger partial charge in [0.1, 0.15) is 5.69 Å². The molecule has 4 aromatic rings. The van der Waals surface area contributed by atoms with Crippen LogP contribution in [-0.4, -0.2) is 63.5 Å². The lowest BCUT2D eigenvalue weighted by atomic mass is 10.1. The maximum atomic E-state index is 12.8. The molecule has 0 spiro atoms. The van der Waals surface area contributed by atoms with E-state index in [0.29, 0.717) is 22.6 Å². The molecule has 1 saturated heterocycles. The van der Waals surface area contributed by atoms with Gasteiger partial charge in [-0.3, -0.25) is 4.79 Å². The van der Waals surface area contributed by atoms with Gasteiger partial charge in [-0.05, 0) is 55.8 Å². The molecule has 1 aliphatic heterocycles. The second kappa shape index (κ2) is 9.42. The second-order valence-corrected chi connectivity index (χ2v) is 8.67. The number of piperazine rings is 1. The number of imidazole rings is 1. The Hall–Kier alpha value is -4.46. The van der Waals surface area contributed by atoms with Gasteiger partial charge in [0.15, 0.2) is 11.3 Å². The molecule has 7 heteroatoms. The molecule has 5 rings (SSSR count). The largest absolute Gasteiger partial charge is 0.336 e. The average Bonchev–Trinajstić information content (AvgIpc) is 3.30. The van der Waals surface area contributed by atoms with Crippen LogP contribution in [0.15, 0.2) is 60.8 Å². The lowest BCUT2D eigenvalue weighted by Crippen LogP contribution is -2.47. The predicted molar refractivity (Wildman–Crippen MR) is 135 cm³/mol. The first-order valence-corrected chi connectivity index (χ1v) is 11.4. The lowest BCUT2D eigenvalue weighted by Gasteiger charge is -2.32. The van der Waals surface area contributed by atoms with Gasteiger partial charge in [-0.2, -0.15) is 5.10 Å². The highest BCUT2D eigenvalue weighted by Gasteiger charge is 2.20. The maximum Gasteiger partial charge on any atom is 0.253 e. The minimum absolute atomic E-state index is 0.0674. The van der Waals surface area contributed by atoms with Crippen molar-refractivity contribution >= 4 is 17.2 Å². The Morgan fingerprint density at radius 3 is 2.51 bits per heavy atom. The molecule has 0 unspecified atom stereocenters. The van der Waals surface area contributed by atoms with Crippen LogP contribution < -0.4 is 0 Å². The van der Waals surface area contributed by atoms with Gasteiger partial charge in [-0.25, -0.2) is 14.3 Å². The Bertz CT molecular complexity index is 1510. The van der Waals surface area contributed by atoms with Crippen molar-refractivity contribution in [1.82, 2.24) is 24.4 Å². The van der Waals surface area contributed by atoms with E-state index in [1.165, 1.54) is 0 Å². The molecule has 172 valence electrons. The fraction of sp³-hybridized carbons (Fsp3) is 0.214. The predicted octanol–water partition coefficient (Wildman–Crippen LogP) is 4.04. The fourth-order valence-corrected chi connectivity index (χ4v) is 4.03. The van der Waals surface area contributed by atoms with E-state index in [1.807, 2.05) is 54.3 Å². The van der Waals surface area contributed by atoms with E-state index in [1.54, 1.807) is 22.8 Å². The number of carbonyl (C=O) groups is 1. The number of aryl methyl sites for hydroxylation is 1. The maximum absolute atomic E-state index is 12.8. The summed E-state index contributed by atoms with van der Waals surface area (Å²) in [5.41, 5.74) is 6.11. The summed E-state index contributed by atoms with van der Waals surface area (Å²) in [4.78, 5) is 24.9. The topological polar surface area (TPSA) is 58.1 Å². The highest BCUT2D eigenvalue weighted by Crippen LogP contribution is 2.20. The van der Waals surface area contributed by atoms with E-state index in [4.69, 9.17) is 11.7 Å². The Labute approximate surface area is 204 Å². The molecule has 35 heavy (non-hydrogen) atoms. The van der Waals surface area contributed by atoms with Crippen molar-refractivity contribution in [3.8, 4) is 23.1 Å². The number of aromatic nitrogens is 3. The molecule has 0 saturated carbocycles. The molecule has 3 heterocycles. The smallest absolute Gasteiger partial charge is 0.253 e. The third-order valence-corrected chi connectivity index (χ3v) is 6.26. The molecule has 0 bridgehead atoms. The second-order valence-electron chi connectivity index (χ2n) is 8.67. The Balaban J connectivity index is 1.40. The number of likely N-dealkylation sites (N-methyl/N-ethyl adjacent to an activating group) is 1. The van der Waals surface area contributed by atoms with Crippen LogP contribution in [0.1, 0.15) is 27.2 Å². The molecule has 0 aliphatic carbocycles. The van der Waals surface area contributed by atoms with Crippen LogP contribution >= 0.6 is 0 Å². The van der Waals surface area contributed by atoms with Gasteiger partial charge in [0.05, 0.1) is 18.5 Å². The zero-order valence-corrected chi connectivity index (χ0v) is 19.7. The normalized spacial score (nSPS) is 13.8. The highest BCUT2D eigenvalue weighted by molar-refractivity contribution is 5.94. The fourth-order valence-electron chi connectivity index (χ4n) is 4.03. The van der Waals surface area contributed by atoms with Crippen molar-refractivity contribution in [3.05, 3.63) is 94.6 Å². The van der Waals surface area contributed by atoms with Gasteiger partial charge in [0.25, 0.3) is 5.91 Å². The van der Waals surface area contributed by atoms with Gasteiger partial charge in [-0.15, -0.1) is 0 Å². The number of nitrogens with zero attached hydrogens (tertiary/aromatic N) is 6. The number of carbonyl (C=O) groups excluding carboxylic acids is 1. The summed E-state index contributed by atoms with van der Waals surface area (Å²) in [6.07, 6.45) is 1.70. The van der Waals surface area contributed by atoms with E-state index < -0.39 is 0 Å². The first-order chi connectivity index (χ1) is 17.0. The van der Waals surface area contributed by atoms with E-state index in [0.717, 1.165) is 48.6 Å². The summed E-state index contributed by atoms with van der Waals surface area (Å²) in [5, 5.41) is 4.75. The molecular formula is C28H24N6O. The molecular weight excluding hydrogens is 436 g/mol. The third-order valence-electron chi connectivity index (χ3n) is 6.26. The molecule has 0 atom stereocenters. The summed E-state index contributed by atoms with van der Waals surface area (Å²) in [7, 11) is 2.08. The standard InChI is InChI=1S/C28H24N6O/c1-20-4-10-24(29-2)18-23(20)9-11-25-19-30-27-13-12-26(31-34(25)27)21-5-7-22(8-6-21)28(35)33-16-14-32(3)15-17-33/h4-8,10,12-13,18-19H,14-17H2,1,3H3. The summed E-state index contributed by atoms with van der Waals surface area (Å²) in [6, 6.07) is 16.9. The van der Waals surface area contributed by atoms with Gasteiger partial charge in [-0.1, -0.05) is 30.2 Å². The Morgan fingerprint density at radius 1 is 1.00 bits per heavy atom. The number of hydrogen-bond acceptors (Lipinski definition) is 4. The zero-order chi connectivity index (χ0) is 24.4. The molecule has 1 aliphatic rings. The Kier molecular flexibility index (Phi) is 6.01. The number of fused-ring (bicyclic) bond motifs is 1. The van der Waals surface area contributed by atoms with E-state index in [2.05, 4.69) is 33.6 Å². The summed E-state index contributed by atoms with van der Waals surface area (Å²) >= 11 is 0. The van der Waals surface area contributed by atoms with Gasteiger partial charge in [0, 0.05) is 42.9 Å². The monoisotopic (exact) mass is 460 g/mol. The number of rotatable bonds is 2. The lowest BCUT2D eigenvalue weighted by molar-refractivity contribution is 0.0664. The van der Waals surface area contributed by atoms with E-state index in [9.17, 15) is 4.79 Å². The average molecular weight is 461 g/mol. The van der Waals surface area contributed by atoms with Crippen molar-refractivity contribution in [3.63, 3.8) is 0 Å². The van der Waals surface area contributed by atoms with Crippen molar-refractivity contribution in [2.45, 2.75) is 6.92 Å². The van der Waals surface area contributed by atoms with E-state index in [-0.39, 0.29) is 5.91 Å². The van der Waals surface area contributed by atoms with Crippen molar-refractivity contribution in [1.29, 1.82) is 0 Å². The Morgan fingerprint density at radius 2 is 1.77 bits per heavy atom. The molecule has 7 nitrogen and oxygen atoms in total. The minimum Gasteiger partial charge on any atom is -0.336 e. The van der Waals surface area contributed by atoms with Crippen molar-refractivity contribution in [2.24, 2.45) is 0 Å². The van der Waals surface area contributed by atoms with Crippen molar-refractivity contribution in [2.75, 3.05) is 33.2 Å². The molecule has 2 aromatic heterocycles. The summed E-state index contributed by atoms with van der Waals surface area (Å²) in [6.45, 7) is 12.5. The summed E-state index contributed by atoms with van der Waals surface area (Å²) < 4.78 is 1.72. The molecule has 1 fully saturated rings. The SMILES string of the molecule is [C-]#[N+]c1ccc(C)c(C#Cc2cnc3ccc(-c4ccc(C(=O)N5CCN(C)CC5)cc4)nn23)c1. The van der Waals surface area contributed by atoms with Crippen LogP contribution in [-0.2, 0) is 0 Å². The van der Waals surface area contributed by atoms with Crippen LogP contribution in [0.4, 0.5) is 5.69 Å². The first kappa shape index (κ1) is 22.3. The third kappa shape index (κ3) is 4.63.